The third kappa shape index (κ3) is 10.6. The quantitative estimate of drug-likeness (QED) is 0.227. The molecule has 2 saturated heterocycles. The van der Waals surface area contributed by atoms with E-state index in [-0.39, 0.29) is 34.9 Å². The van der Waals surface area contributed by atoms with E-state index >= 15 is 0 Å². The molecule has 3 aliphatic rings. The number of methoxy groups -OCH3 is 2. The minimum atomic E-state index is -1.83. The summed E-state index contributed by atoms with van der Waals surface area (Å²) in [6.45, 7) is 17.3. The van der Waals surface area contributed by atoms with Crippen LogP contribution >= 0.6 is 23.4 Å². The van der Waals surface area contributed by atoms with Gasteiger partial charge < -0.3 is 38.6 Å². The monoisotopic (exact) mass is 821 g/mol. The molecule has 56 heavy (non-hydrogen) atoms. The summed E-state index contributed by atoms with van der Waals surface area (Å²) in [5, 5.41) is 14.5. The molecule has 3 amide bonds. The predicted molar refractivity (Wildman–Crippen MR) is 217 cm³/mol. The normalized spacial score (nSPS) is 30.8. The molecule has 4 rings (SSSR count). The second-order valence-corrected chi connectivity index (χ2v) is 20.0. The summed E-state index contributed by atoms with van der Waals surface area (Å²) >= 11 is 8.47. The lowest BCUT2D eigenvalue weighted by Gasteiger charge is -2.42. The maximum Gasteiger partial charge on any atom is 0.409 e. The van der Waals surface area contributed by atoms with Crippen molar-refractivity contribution in [1.82, 2.24) is 10.2 Å². The average Bonchev–Trinajstić information content (AvgIpc) is 3.78. The maximum atomic E-state index is 14.2. The number of carbonyl (C=O) groups excluding carboxylic acids is 4. The van der Waals surface area contributed by atoms with Crippen molar-refractivity contribution >= 4 is 52.9 Å². The topological polar surface area (TPSA) is 156 Å². The van der Waals surface area contributed by atoms with Gasteiger partial charge in [-0.2, -0.15) is 0 Å². The first kappa shape index (κ1) is 45.4. The maximum absolute atomic E-state index is 14.2. The summed E-state index contributed by atoms with van der Waals surface area (Å²) in [4.78, 5) is 57.4. The van der Waals surface area contributed by atoms with Crippen molar-refractivity contribution in [3.05, 3.63) is 46.5 Å². The smallest absolute Gasteiger partial charge is 0.409 e. The van der Waals surface area contributed by atoms with Gasteiger partial charge in [-0.15, -0.1) is 11.8 Å². The number of aliphatic hydroxyl groups is 1. The number of epoxide rings is 1. The van der Waals surface area contributed by atoms with Crippen molar-refractivity contribution in [2.45, 2.75) is 139 Å². The van der Waals surface area contributed by atoms with E-state index in [1.165, 1.54) is 24.0 Å². The molecule has 0 spiro atoms. The van der Waals surface area contributed by atoms with E-state index in [0.29, 0.717) is 17.9 Å². The zero-order valence-electron chi connectivity index (χ0n) is 35.0. The number of benzene rings is 1. The number of nitrogens with zero attached hydrogens (tertiary/aromatic N) is 2. The van der Waals surface area contributed by atoms with E-state index in [2.05, 4.69) is 26.1 Å². The molecular weight excluding hydrogens is 762 g/mol. The minimum Gasteiger partial charge on any atom is -0.495 e. The number of amides is 3. The third-order valence-electron chi connectivity index (χ3n) is 10.7. The van der Waals surface area contributed by atoms with Gasteiger partial charge in [-0.05, 0) is 44.9 Å². The first-order chi connectivity index (χ1) is 25.8. The number of halogens is 1. The van der Waals surface area contributed by atoms with Crippen molar-refractivity contribution < 1.29 is 48.0 Å². The van der Waals surface area contributed by atoms with Gasteiger partial charge in [-0.1, -0.05) is 76.9 Å². The predicted octanol–water partition coefficient (Wildman–Crippen LogP) is 6.21. The molecule has 0 radical (unpaired) electrons. The summed E-state index contributed by atoms with van der Waals surface area (Å²) in [7, 11) is 6.08. The van der Waals surface area contributed by atoms with Crippen LogP contribution in [0.25, 0.3) is 0 Å². The number of nitrogens with one attached hydrogen (secondary N) is 1. The number of ether oxygens (including phenoxy) is 5. The van der Waals surface area contributed by atoms with Crippen LogP contribution in [0.15, 0.2) is 35.9 Å². The lowest BCUT2D eigenvalue weighted by molar-refractivity contribution is -0.162. The number of likely N-dealkylation sites (N-methyl/N-ethyl adjacent to an activating group) is 1. The lowest BCUT2D eigenvalue weighted by Crippen LogP contribution is -2.63. The first-order valence-electron chi connectivity index (χ1n) is 18.9. The number of allylic oxidation sites excluding steroid dienone is 3. The Morgan fingerprint density at radius 2 is 1.86 bits per heavy atom. The van der Waals surface area contributed by atoms with Gasteiger partial charge in [0.25, 0.3) is 0 Å². The van der Waals surface area contributed by atoms with Crippen LogP contribution in [0.5, 0.6) is 5.75 Å². The van der Waals surface area contributed by atoms with Crippen molar-refractivity contribution in [2.24, 2.45) is 5.92 Å². The highest BCUT2D eigenvalue weighted by atomic mass is 35.5. The fourth-order valence-corrected chi connectivity index (χ4v) is 9.74. The Morgan fingerprint density at radius 1 is 1.20 bits per heavy atom. The fourth-order valence-electron chi connectivity index (χ4n) is 7.57. The Balaban J connectivity index is 1.72. The van der Waals surface area contributed by atoms with Gasteiger partial charge in [-0.3, -0.25) is 14.9 Å². The van der Waals surface area contributed by atoms with Gasteiger partial charge in [0.2, 0.25) is 11.8 Å². The van der Waals surface area contributed by atoms with Crippen LogP contribution < -0.4 is 15.0 Å². The number of rotatable bonds is 8. The van der Waals surface area contributed by atoms with Crippen LogP contribution in [0.3, 0.4) is 0 Å². The molecule has 0 unspecified atom stereocenters. The van der Waals surface area contributed by atoms with Crippen molar-refractivity contribution in [2.75, 3.05) is 33.2 Å². The van der Waals surface area contributed by atoms with Gasteiger partial charge in [-0.25, -0.2) is 9.59 Å². The van der Waals surface area contributed by atoms with E-state index in [1.54, 1.807) is 64.0 Å². The second-order valence-electron chi connectivity index (χ2n) is 17.1. The zero-order chi connectivity index (χ0) is 42.1. The lowest BCUT2D eigenvalue weighted by atomic mass is 9.83. The molecule has 1 aromatic rings. The Bertz CT molecular complexity index is 1730. The summed E-state index contributed by atoms with van der Waals surface area (Å²) in [5.41, 5.74) is -0.915. The van der Waals surface area contributed by atoms with Crippen molar-refractivity contribution in [1.29, 1.82) is 0 Å². The number of thioether (sulfide) groups is 1. The van der Waals surface area contributed by atoms with Gasteiger partial charge >= 0.3 is 12.1 Å². The summed E-state index contributed by atoms with van der Waals surface area (Å²) in [6, 6.07) is 2.61. The molecule has 312 valence electrons. The van der Waals surface area contributed by atoms with Gasteiger partial charge in [0.05, 0.1) is 25.3 Å². The summed E-state index contributed by atoms with van der Waals surface area (Å²) < 4.78 is 28.9. The number of carbonyl (C=O) groups is 4. The molecule has 3 aliphatic heterocycles. The van der Waals surface area contributed by atoms with Crippen LogP contribution in [-0.2, 0) is 39.8 Å². The third-order valence-corrected chi connectivity index (χ3v) is 12.4. The summed E-state index contributed by atoms with van der Waals surface area (Å²) in [6.07, 6.45) is 1.14. The molecule has 0 aromatic heterocycles. The molecular formula is C41H60ClN3O10S. The molecule has 8 atom stereocenters. The molecule has 3 heterocycles. The number of hydrogen-bond acceptors (Lipinski definition) is 11. The van der Waals surface area contributed by atoms with E-state index in [0.717, 1.165) is 11.1 Å². The molecule has 1 aromatic carbocycles. The van der Waals surface area contributed by atoms with E-state index in [9.17, 15) is 24.3 Å². The van der Waals surface area contributed by atoms with Crippen LogP contribution in [0.4, 0.5) is 10.5 Å². The highest BCUT2D eigenvalue weighted by Crippen LogP contribution is 2.49. The second kappa shape index (κ2) is 17.3. The fraction of sp³-hybridized carbons (Fsp3) is 0.659. The largest absolute Gasteiger partial charge is 0.495 e. The minimum absolute atomic E-state index is 0.0502. The molecule has 2 fully saturated rings. The Morgan fingerprint density at radius 3 is 2.46 bits per heavy atom. The Kier molecular flexibility index (Phi) is 14.0. The molecule has 13 nitrogen and oxygen atoms in total. The first-order valence-corrected chi connectivity index (χ1v) is 20.1. The number of esters is 1. The molecule has 0 saturated carbocycles. The van der Waals surface area contributed by atoms with Crippen LogP contribution in [0, 0.1) is 5.92 Å². The van der Waals surface area contributed by atoms with E-state index in [4.69, 9.17) is 35.3 Å². The van der Waals surface area contributed by atoms with Crippen molar-refractivity contribution in [3.8, 4) is 5.75 Å². The van der Waals surface area contributed by atoms with Crippen LogP contribution in [-0.4, -0.2) is 113 Å². The number of anilines is 1. The molecule has 0 aliphatic carbocycles. The molecule has 15 heteroatoms. The van der Waals surface area contributed by atoms with Crippen LogP contribution in [0.2, 0.25) is 5.02 Å². The van der Waals surface area contributed by atoms with Gasteiger partial charge in [0.15, 0.2) is 5.72 Å². The Labute approximate surface area is 340 Å². The Hall–Kier alpha value is -3.30. The van der Waals surface area contributed by atoms with Crippen LogP contribution in [0.1, 0.15) is 87.1 Å². The SMILES string of the molecule is COc1cc2cc(c1Cl)N(C)C(=O)C[C@H](OC(=O)[C@H](C)N(C)C(=O)CC(C)(C)SC(C)(C)C)[C@]1(C)O[C@@H]1[C@H](C)[C@H]1C[C@@](O)(NC(=O)O1)[C@H](OC)/C=C/C=C(\C)C2. The van der Waals surface area contributed by atoms with E-state index < -0.39 is 70.4 Å². The van der Waals surface area contributed by atoms with Gasteiger partial charge in [0, 0.05) is 49.5 Å². The van der Waals surface area contributed by atoms with Crippen molar-refractivity contribution in [3.63, 3.8) is 0 Å². The standard InChI is InChI=1S/C41H60ClN3O10S/c1-23-15-14-16-30(52-13)41(50)21-29(53-37(49)43-41)24(2)35-40(9,55-35)31(20-32(46)45(11)27-18-26(17-23)19-28(51-12)34(27)42)54-36(48)25(3)44(10)33(47)22-39(7,8)56-38(4,5)6/h14-16,18-19,24-25,29-31,35,50H,17,20-22H2,1-13H3,(H,43,49)/b16-14+,23-15+/t24-,25+,29-,30-,31+,35-,40+,41+/m1/s1. The zero-order valence-corrected chi connectivity index (χ0v) is 36.6. The molecule has 2 N–H and O–H groups in total. The number of fused-ring (bicyclic) bond motifs is 5. The number of hydrogen-bond donors (Lipinski definition) is 2. The van der Waals surface area contributed by atoms with Gasteiger partial charge in [0.1, 0.15) is 40.7 Å². The average molecular weight is 822 g/mol. The highest BCUT2D eigenvalue weighted by molar-refractivity contribution is 8.01. The number of alkyl carbamates (subject to hydrolysis) is 1. The highest BCUT2D eigenvalue weighted by Gasteiger charge is 2.64. The van der Waals surface area contributed by atoms with E-state index in [1.807, 2.05) is 33.8 Å². The summed E-state index contributed by atoms with van der Waals surface area (Å²) in [5.74, 6) is -1.53. The molecule has 4 bridgehead atoms.